The summed E-state index contributed by atoms with van der Waals surface area (Å²) in [6, 6.07) is 5.69. The van der Waals surface area contributed by atoms with E-state index < -0.39 is 5.97 Å². The number of hydrogen-bond acceptors (Lipinski definition) is 3. The van der Waals surface area contributed by atoms with Crippen molar-refractivity contribution in [3.8, 4) is 16.2 Å². The summed E-state index contributed by atoms with van der Waals surface area (Å²) in [6.07, 6.45) is 0. The molecule has 1 N–H and O–H groups in total. The van der Waals surface area contributed by atoms with Gasteiger partial charge in [-0.1, -0.05) is 0 Å². The summed E-state index contributed by atoms with van der Waals surface area (Å²) in [5.41, 5.74) is 3.58. The lowest BCUT2D eigenvalue weighted by Gasteiger charge is -2.10. The number of carbonyl (C=O) groups is 1. The molecule has 2 aromatic rings. The van der Waals surface area contributed by atoms with Gasteiger partial charge in [-0.25, -0.2) is 4.79 Å². The van der Waals surface area contributed by atoms with E-state index in [4.69, 9.17) is 9.84 Å². The minimum Gasteiger partial charge on any atom is -0.496 e. The van der Waals surface area contributed by atoms with E-state index in [2.05, 4.69) is 0 Å². The van der Waals surface area contributed by atoms with E-state index in [1.807, 2.05) is 26.0 Å². The van der Waals surface area contributed by atoms with E-state index in [-0.39, 0.29) is 0 Å². The Morgan fingerprint density at radius 2 is 1.89 bits per heavy atom. The van der Waals surface area contributed by atoms with Crippen LogP contribution in [0.1, 0.15) is 21.5 Å². The zero-order valence-corrected chi connectivity index (χ0v) is 11.3. The normalized spacial score (nSPS) is 10.4. The van der Waals surface area contributed by atoms with Crippen LogP contribution in [-0.4, -0.2) is 18.2 Å². The standard InChI is InChI=1S/C14H14O3S/c1-8-4-11(12(17-3)5-9(8)2)13-6-10(7-18-13)14(15)16/h4-7H,1-3H3,(H,15,16). The Bertz CT molecular complexity index is 599. The Kier molecular flexibility index (Phi) is 3.39. The highest BCUT2D eigenvalue weighted by molar-refractivity contribution is 7.13. The molecule has 0 saturated heterocycles. The van der Waals surface area contributed by atoms with Gasteiger partial charge in [-0.15, -0.1) is 11.3 Å². The van der Waals surface area contributed by atoms with Crippen molar-refractivity contribution in [2.24, 2.45) is 0 Å². The Balaban J connectivity index is 2.55. The van der Waals surface area contributed by atoms with Crippen molar-refractivity contribution >= 4 is 17.3 Å². The third kappa shape index (κ3) is 2.24. The predicted molar refractivity (Wildman–Crippen MR) is 72.7 cm³/mol. The van der Waals surface area contributed by atoms with E-state index in [0.717, 1.165) is 27.3 Å². The second-order valence-corrected chi connectivity index (χ2v) is 5.05. The summed E-state index contributed by atoms with van der Waals surface area (Å²) in [4.78, 5) is 11.8. The predicted octanol–water partition coefficient (Wildman–Crippen LogP) is 3.74. The largest absolute Gasteiger partial charge is 0.496 e. The van der Waals surface area contributed by atoms with E-state index >= 15 is 0 Å². The maximum atomic E-state index is 10.9. The first-order valence-corrected chi connectivity index (χ1v) is 6.38. The van der Waals surface area contributed by atoms with E-state index in [1.54, 1.807) is 18.6 Å². The van der Waals surface area contributed by atoms with Crippen LogP contribution in [0.15, 0.2) is 23.6 Å². The average Bonchev–Trinajstić information content (AvgIpc) is 2.81. The van der Waals surface area contributed by atoms with E-state index in [0.29, 0.717) is 5.56 Å². The molecule has 4 heteroatoms. The number of thiophene rings is 1. The first kappa shape index (κ1) is 12.6. The highest BCUT2D eigenvalue weighted by atomic mass is 32.1. The molecule has 0 aliphatic carbocycles. The number of hydrogen-bond donors (Lipinski definition) is 1. The van der Waals surface area contributed by atoms with Crippen LogP contribution < -0.4 is 4.74 Å². The van der Waals surface area contributed by atoms with Crippen LogP contribution in [0.2, 0.25) is 0 Å². The van der Waals surface area contributed by atoms with Crippen molar-refractivity contribution in [2.75, 3.05) is 7.11 Å². The second-order valence-electron chi connectivity index (χ2n) is 4.14. The van der Waals surface area contributed by atoms with Gasteiger partial charge in [0, 0.05) is 15.8 Å². The average molecular weight is 262 g/mol. The number of rotatable bonds is 3. The highest BCUT2D eigenvalue weighted by Crippen LogP contribution is 2.36. The molecule has 2 rings (SSSR count). The fourth-order valence-corrected chi connectivity index (χ4v) is 2.65. The number of benzene rings is 1. The monoisotopic (exact) mass is 262 g/mol. The molecular weight excluding hydrogens is 248 g/mol. The molecule has 0 fully saturated rings. The summed E-state index contributed by atoms with van der Waals surface area (Å²) in [5.74, 6) is -0.128. The first-order valence-electron chi connectivity index (χ1n) is 5.50. The van der Waals surface area contributed by atoms with E-state index in [9.17, 15) is 4.79 Å². The third-order valence-electron chi connectivity index (χ3n) is 2.93. The summed E-state index contributed by atoms with van der Waals surface area (Å²) >= 11 is 1.41. The van der Waals surface area contributed by atoms with Gasteiger partial charge in [-0.05, 0) is 43.2 Å². The van der Waals surface area contributed by atoms with Crippen molar-refractivity contribution in [3.05, 3.63) is 40.3 Å². The van der Waals surface area contributed by atoms with Crippen LogP contribution >= 0.6 is 11.3 Å². The molecule has 0 unspecified atom stereocenters. The molecule has 94 valence electrons. The Labute approximate surface area is 110 Å². The van der Waals surface area contributed by atoms with Crippen molar-refractivity contribution in [1.82, 2.24) is 0 Å². The molecule has 18 heavy (non-hydrogen) atoms. The lowest BCUT2D eigenvalue weighted by molar-refractivity contribution is 0.0697. The third-order valence-corrected chi connectivity index (χ3v) is 3.89. The van der Waals surface area contributed by atoms with Gasteiger partial charge in [0.1, 0.15) is 5.75 Å². The van der Waals surface area contributed by atoms with Crippen LogP contribution in [-0.2, 0) is 0 Å². The van der Waals surface area contributed by atoms with Crippen LogP contribution in [0.5, 0.6) is 5.75 Å². The van der Waals surface area contributed by atoms with Crippen LogP contribution in [0.25, 0.3) is 10.4 Å². The Morgan fingerprint density at radius 1 is 1.22 bits per heavy atom. The number of aryl methyl sites for hydroxylation is 2. The molecule has 0 saturated carbocycles. The smallest absolute Gasteiger partial charge is 0.336 e. The minimum atomic E-state index is -0.902. The molecule has 0 aliphatic rings. The Hall–Kier alpha value is -1.81. The quantitative estimate of drug-likeness (QED) is 0.916. The summed E-state index contributed by atoms with van der Waals surface area (Å²) in [6.45, 7) is 4.06. The zero-order chi connectivity index (χ0) is 13.3. The number of carboxylic acids is 1. The van der Waals surface area contributed by atoms with Crippen molar-refractivity contribution in [2.45, 2.75) is 13.8 Å². The topological polar surface area (TPSA) is 46.5 Å². The van der Waals surface area contributed by atoms with Crippen LogP contribution in [0, 0.1) is 13.8 Å². The first-order chi connectivity index (χ1) is 8.52. The van der Waals surface area contributed by atoms with Crippen molar-refractivity contribution in [1.29, 1.82) is 0 Å². The fourth-order valence-electron chi connectivity index (χ4n) is 1.74. The van der Waals surface area contributed by atoms with Crippen LogP contribution in [0.3, 0.4) is 0 Å². The van der Waals surface area contributed by atoms with Crippen molar-refractivity contribution < 1.29 is 14.6 Å². The summed E-state index contributed by atoms with van der Waals surface area (Å²) in [5, 5.41) is 10.6. The van der Waals surface area contributed by atoms with Gasteiger partial charge in [0.2, 0.25) is 0 Å². The molecular formula is C14H14O3S. The second kappa shape index (κ2) is 4.82. The van der Waals surface area contributed by atoms with E-state index in [1.165, 1.54) is 11.3 Å². The number of methoxy groups -OCH3 is 1. The molecule has 1 heterocycles. The fraction of sp³-hybridized carbons (Fsp3) is 0.214. The zero-order valence-electron chi connectivity index (χ0n) is 10.5. The maximum Gasteiger partial charge on any atom is 0.336 e. The molecule has 0 amide bonds. The SMILES string of the molecule is COc1cc(C)c(C)cc1-c1cc(C(=O)O)cs1. The maximum absolute atomic E-state index is 10.9. The molecule has 0 radical (unpaired) electrons. The molecule has 0 bridgehead atoms. The van der Waals surface area contributed by atoms with Crippen LogP contribution in [0.4, 0.5) is 0 Å². The number of aromatic carboxylic acids is 1. The summed E-state index contributed by atoms with van der Waals surface area (Å²) < 4.78 is 5.36. The van der Waals surface area contributed by atoms with Gasteiger partial charge in [-0.2, -0.15) is 0 Å². The molecule has 0 atom stereocenters. The lowest BCUT2D eigenvalue weighted by Crippen LogP contribution is -1.92. The highest BCUT2D eigenvalue weighted by Gasteiger charge is 2.13. The summed E-state index contributed by atoms with van der Waals surface area (Å²) in [7, 11) is 1.62. The Morgan fingerprint density at radius 3 is 2.44 bits per heavy atom. The molecule has 3 nitrogen and oxygen atoms in total. The van der Waals surface area contributed by atoms with Gasteiger partial charge in [0.25, 0.3) is 0 Å². The molecule has 0 aliphatic heterocycles. The van der Waals surface area contributed by atoms with Gasteiger partial charge >= 0.3 is 5.97 Å². The molecule has 1 aromatic heterocycles. The molecule has 1 aromatic carbocycles. The van der Waals surface area contributed by atoms with Gasteiger partial charge in [0.15, 0.2) is 0 Å². The van der Waals surface area contributed by atoms with Gasteiger partial charge in [0.05, 0.1) is 12.7 Å². The number of ether oxygens (including phenoxy) is 1. The minimum absolute atomic E-state index is 0.315. The van der Waals surface area contributed by atoms with Crippen molar-refractivity contribution in [3.63, 3.8) is 0 Å². The lowest BCUT2D eigenvalue weighted by atomic mass is 10.0. The van der Waals surface area contributed by atoms with Gasteiger partial charge < -0.3 is 9.84 Å². The van der Waals surface area contributed by atoms with Gasteiger partial charge in [-0.3, -0.25) is 0 Å². The molecule has 0 spiro atoms. The number of carboxylic acid groups (broad SMARTS) is 1.